The van der Waals surface area contributed by atoms with Crippen LogP contribution in [-0.4, -0.2) is 24.4 Å². The fourth-order valence-corrected chi connectivity index (χ4v) is 1.68. The molecule has 0 aliphatic carbocycles. The number of carbonyl (C=O) groups is 1. The number of carbonyl (C=O) groups excluding carboxylic acids is 1. The van der Waals surface area contributed by atoms with Crippen LogP contribution in [-0.2, 0) is 11.3 Å². The van der Waals surface area contributed by atoms with E-state index >= 15 is 0 Å². The van der Waals surface area contributed by atoms with Crippen molar-refractivity contribution in [3.63, 3.8) is 0 Å². The number of amides is 1. The average Bonchev–Trinajstić information content (AvgIpc) is 2.30. The number of hydrogen-bond donors (Lipinski definition) is 1. The molecule has 0 radical (unpaired) electrons. The zero-order chi connectivity index (χ0) is 12.8. The molecule has 0 saturated carbocycles. The van der Waals surface area contributed by atoms with Gasteiger partial charge in [0, 0.05) is 26.6 Å². The highest BCUT2D eigenvalue weighted by molar-refractivity contribution is 5.76. The van der Waals surface area contributed by atoms with Crippen LogP contribution in [0.3, 0.4) is 0 Å². The van der Waals surface area contributed by atoms with Crippen LogP contribution in [0.2, 0.25) is 0 Å². The standard InChI is InChI=1S/C14H22N2O/c1-11(2)13-6-4-12(5-7-13)10-16(3)14(17)8-9-15/h4-7,11H,8-10,15H2,1-3H3. The highest BCUT2D eigenvalue weighted by Crippen LogP contribution is 2.15. The molecule has 0 bridgehead atoms. The molecule has 94 valence electrons. The zero-order valence-electron chi connectivity index (χ0n) is 10.9. The molecule has 0 aliphatic rings. The van der Waals surface area contributed by atoms with Crippen molar-refractivity contribution < 1.29 is 4.79 Å². The van der Waals surface area contributed by atoms with E-state index in [2.05, 4.69) is 38.1 Å². The summed E-state index contributed by atoms with van der Waals surface area (Å²) in [6, 6.07) is 8.42. The molecule has 0 aromatic heterocycles. The fraction of sp³-hybridized carbons (Fsp3) is 0.500. The van der Waals surface area contributed by atoms with Crippen molar-refractivity contribution in [3.05, 3.63) is 35.4 Å². The Morgan fingerprint density at radius 1 is 1.29 bits per heavy atom. The molecule has 0 saturated heterocycles. The van der Waals surface area contributed by atoms with Gasteiger partial charge in [0.05, 0.1) is 0 Å². The Morgan fingerprint density at radius 3 is 2.35 bits per heavy atom. The first-order chi connectivity index (χ1) is 8.04. The summed E-state index contributed by atoms with van der Waals surface area (Å²) in [7, 11) is 1.81. The van der Waals surface area contributed by atoms with E-state index in [1.165, 1.54) is 5.56 Å². The summed E-state index contributed by atoms with van der Waals surface area (Å²) in [5.74, 6) is 0.640. The van der Waals surface area contributed by atoms with Crippen LogP contribution in [0.15, 0.2) is 24.3 Å². The highest BCUT2D eigenvalue weighted by Gasteiger charge is 2.08. The molecule has 2 N–H and O–H groups in total. The summed E-state index contributed by atoms with van der Waals surface area (Å²) >= 11 is 0. The molecule has 0 spiro atoms. The Hall–Kier alpha value is -1.35. The van der Waals surface area contributed by atoms with E-state index in [0.29, 0.717) is 25.4 Å². The van der Waals surface area contributed by atoms with Gasteiger partial charge in [0.1, 0.15) is 0 Å². The van der Waals surface area contributed by atoms with Crippen molar-refractivity contribution in [1.29, 1.82) is 0 Å². The summed E-state index contributed by atoms with van der Waals surface area (Å²) in [4.78, 5) is 13.3. The Morgan fingerprint density at radius 2 is 1.88 bits per heavy atom. The van der Waals surface area contributed by atoms with E-state index in [1.807, 2.05) is 7.05 Å². The predicted molar refractivity (Wildman–Crippen MR) is 70.7 cm³/mol. The maximum Gasteiger partial charge on any atom is 0.223 e. The maximum atomic E-state index is 11.6. The first kappa shape index (κ1) is 13.7. The Bertz CT molecular complexity index is 357. The summed E-state index contributed by atoms with van der Waals surface area (Å²) < 4.78 is 0. The van der Waals surface area contributed by atoms with Crippen LogP contribution in [0.25, 0.3) is 0 Å². The minimum absolute atomic E-state index is 0.0976. The van der Waals surface area contributed by atoms with Crippen LogP contribution < -0.4 is 5.73 Å². The normalized spacial score (nSPS) is 10.6. The van der Waals surface area contributed by atoms with Crippen LogP contribution in [0.1, 0.15) is 37.3 Å². The molecule has 17 heavy (non-hydrogen) atoms. The summed E-state index contributed by atoms with van der Waals surface area (Å²) in [5, 5.41) is 0. The molecule has 1 rings (SSSR count). The molecule has 0 fully saturated rings. The monoisotopic (exact) mass is 234 g/mol. The molecule has 0 aliphatic heterocycles. The molecule has 0 heterocycles. The molecular weight excluding hydrogens is 212 g/mol. The lowest BCUT2D eigenvalue weighted by Crippen LogP contribution is -2.27. The topological polar surface area (TPSA) is 46.3 Å². The van der Waals surface area contributed by atoms with E-state index in [4.69, 9.17) is 5.73 Å². The lowest BCUT2D eigenvalue weighted by atomic mass is 10.0. The average molecular weight is 234 g/mol. The molecule has 3 nitrogen and oxygen atoms in total. The number of rotatable bonds is 5. The van der Waals surface area contributed by atoms with E-state index in [-0.39, 0.29) is 5.91 Å². The summed E-state index contributed by atoms with van der Waals surface area (Å²) in [6.45, 7) is 5.41. The van der Waals surface area contributed by atoms with E-state index < -0.39 is 0 Å². The second kappa shape index (κ2) is 6.40. The third kappa shape index (κ3) is 4.19. The molecule has 3 heteroatoms. The van der Waals surface area contributed by atoms with Crippen molar-refractivity contribution >= 4 is 5.91 Å². The minimum atomic E-state index is 0.0976. The molecule has 1 aromatic rings. The fourth-order valence-electron chi connectivity index (χ4n) is 1.68. The zero-order valence-corrected chi connectivity index (χ0v) is 10.9. The third-order valence-corrected chi connectivity index (χ3v) is 2.85. The van der Waals surface area contributed by atoms with Gasteiger partial charge >= 0.3 is 0 Å². The third-order valence-electron chi connectivity index (χ3n) is 2.85. The smallest absolute Gasteiger partial charge is 0.223 e. The second-order valence-electron chi connectivity index (χ2n) is 4.68. The van der Waals surface area contributed by atoms with Gasteiger partial charge in [0.25, 0.3) is 0 Å². The van der Waals surface area contributed by atoms with Gasteiger partial charge in [-0.3, -0.25) is 4.79 Å². The Balaban J connectivity index is 2.60. The first-order valence-corrected chi connectivity index (χ1v) is 6.07. The SMILES string of the molecule is CC(C)c1ccc(CN(C)C(=O)CCN)cc1. The van der Waals surface area contributed by atoms with E-state index in [0.717, 1.165) is 5.56 Å². The van der Waals surface area contributed by atoms with Crippen molar-refractivity contribution in [2.45, 2.75) is 32.7 Å². The molecule has 1 amide bonds. The van der Waals surface area contributed by atoms with Gasteiger partial charge in [0.15, 0.2) is 0 Å². The van der Waals surface area contributed by atoms with Crippen LogP contribution in [0, 0.1) is 0 Å². The molecule has 1 aromatic carbocycles. The van der Waals surface area contributed by atoms with Gasteiger partial charge in [-0.05, 0) is 17.0 Å². The van der Waals surface area contributed by atoms with Crippen LogP contribution in [0.4, 0.5) is 0 Å². The number of benzene rings is 1. The predicted octanol–water partition coefficient (Wildman–Crippen LogP) is 2.12. The number of nitrogens with two attached hydrogens (primary N) is 1. The first-order valence-electron chi connectivity index (χ1n) is 6.07. The Kier molecular flexibility index (Phi) is 5.16. The second-order valence-corrected chi connectivity index (χ2v) is 4.68. The molecule has 0 atom stereocenters. The quantitative estimate of drug-likeness (QED) is 0.848. The van der Waals surface area contributed by atoms with E-state index in [9.17, 15) is 4.79 Å². The molecular formula is C14H22N2O. The van der Waals surface area contributed by atoms with Crippen molar-refractivity contribution in [3.8, 4) is 0 Å². The van der Waals surface area contributed by atoms with Crippen molar-refractivity contribution in [2.24, 2.45) is 5.73 Å². The van der Waals surface area contributed by atoms with Gasteiger partial charge in [-0.1, -0.05) is 38.1 Å². The number of nitrogens with zero attached hydrogens (tertiary/aromatic N) is 1. The maximum absolute atomic E-state index is 11.6. The van der Waals surface area contributed by atoms with Crippen LogP contribution in [0.5, 0.6) is 0 Å². The lowest BCUT2D eigenvalue weighted by Gasteiger charge is -2.17. The highest BCUT2D eigenvalue weighted by atomic mass is 16.2. The largest absolute Gasteiger partial charge is 0.341 e. The van der Waals surface area contributed by atoms with Gasteiger partial charge in [-0.2, -0.15) is 0 Å². The molecule has 0 unspecified atom stereocenters. The summed E-state index contributed by atoms with van der Waals surface area (Å²) in [5.41, 5.74) is 7.84. The van der Waals surface area contributed by atoms with Crippen LogP contribution >= 0.6 is 0 Å². The van der Waals surface area contributed by atoms with Gasteiger partial charge in [0.2, 0.25) is 5.91 Å². The lowest BCUT2D eigenvalue weighted by molar-refractivity contribution is -0.130. The Labute approximate surface area is 104 Å². The minimum Gasteiger partial charge on any atom is -0.341 e. The van der Waals surface area contributed by atoms with Gasteiger partial charge in [-0.25, -0.2) is 0 Å². The van der Waals surface area contributed by atoms with Crippen molar-refractivity contribution in [1.82, 2.24) is 4.90 Å². The van der Waals surface area contributed by atoms with Gasteiger partial charge < -0.3 is 10.6 Å². The number of hydrogen-bond acceptors (Lipinski definition) is 2. The van der Waals surface area contributed by atoms with Gasteiger partial charge in [-0.15, -0.1) is 0 Å². The summed E-state index contributed by atoms with van der Waals surface area (Å²) in [6.07, 6.45) is 0.417. The van der Waals surface area contributed by atoms with Crippen molar-refractivity contribution in [2.75, 3.05) is 13.6 Å². The van der Waals surface area contributed by atoms with E-state index in [1.54, 1.807) is 4.90 Å².